The molecule has 1 saturated carbocycles. The highest BCUT2D eigenvalue weighted by Crippen LogP contribution is 2.28. The summed E-state index contributed by atoms with van der Waals surface area (Å²) in [5, 5.41) is 3.57. The van der Waals surface area contributed by atoms with Crippen molar-refractivity contribution in [2.45, 2.75) is 75.9 Å². The fourth-order valence-corrected chi connectivity index (χ4v) is 7.56. The normalized spacial score (nSPS) is 14.2. The number of sulfonamides is 1. The Morgan fingerprint density at radius 3 is 2.17 bits per heavy atom. The van der Waals surface area contributed by atoms with Gasteiger partial charge in [-0.25, -0.2) is 12.8 Å². The van der Waals surface area contributed by atoms with Crippen molar-refractivity contribution >= 4 is 39.1 Å². The van der Waals surface area contributed by atoms with E-state index in [2.05, 4.69) is 5.32 Å². The number of amides is 2. The second-order valence-corrected chi connectivity index (χ2v) is 14.7. The van der Waals surface area contributed by atoms with Crippen LogP contribution in [0.15, 0.2) is 102 Å². The predicted molar refractivity (Wildman–Crippen MR) is 188 cm³/mol. The van der Waals surface area contributed by atoms with Crippen LogP contribution in [0.2, 0.25) is 5.02 Å². The van der Waals surface area contributed by atoms with Crippen LogP contribution in [0.3, 0.4) is 0 Å². The molecule has 1 fully saturated rings. The van der Waals surface area contributed by atoms with Crippen molar-refractivity contribution in [2.24, 2.45) is 0 Å². The molecule has 1 atom stereocenters. The van der Waals surface area contributed by atoms with Crippen molar-refractivity contribution < 1.29 is 22.4 Å². The topological polar surface area (TPSA) is 86.8 Å². The number of halogens is 2. The summed E-state index contributed by atoms with van der Waals surface area (Å²) in [6, 6.07) is 25.2. The maximum absolute atomic E-state index is 14.7. The predicted octanol–water partition coefficient (Wildman–Crippen LogP) is 7.38. The van der Waals surface area contributed by atoms with Crippen LogP contribution in [0.25, 0.3) is 0 Å². The van der Waals surface area contributed by atoms with Gasteiger partial charge in [0.2, 0.25) is 11.8 Å². The molecule has 10 heteroatoms. The molecule has 1 aliphatic rings. The first kappa shape index (κ1) is 35.1. The van der Waals surface area contributed by atoms with E-state index in [9.17, 15) is 22.4 Å². The van der Waals surface area contributed by atoms with Crippen LogP contribution in [0.5, 0.6) is 0 Å². The van der Waals surface area contributed by atoms with Crippen LogP contribution in [-0.4, -0.2) is 43.8 Å². The number of anilines is 1. The summed E-state index contributed by atoms with van der Waals surface area (Å²) < 4.78 is 43.5. The van der Waals surface area contributed by atoms with Gasteiger partial charge in [-0.3, -0.25) is 13.9 Å². The minimum Gasteiger partial charge on any atom is -0.352 e. The highest BCUT2D eigenvalue weighted by molar-refractivity contribution is 7.92. The van der Waals surface area contributed by atoms with Crippen LogP contribution in [-0.2, 0) is 32.6 Å². The van der Waals surface area contributed by atoms with Crippen molar-refractivity contribution in [1.29, 1.82) is 0 Å². The lowest BCUT2D eigenvalue weighted by Crippen LogP contribution is -2.55. The Bertz CT molecular complexity index is 1810. The van der Waals surface area contributed by atoms with E-state index < -0.39 is 34.3 Å². The fourth-order valence-electron chi connectivity index (χ4n) is 6.03. The first-order valence-corrected chi connectivity index (χ1v) is 18.1. The fraction of sp³-hybridized carbons (Fsp3) is 0.316. The first-order chi connectivity index (χ1) is 23.0. The third kappa shape index (κ3) is 8.82. The Labute approximate surface area is 287 Å². The third-order valence-electron chi connectivity index (χ3n) is 8.95. The highest BCUT2D eigenvalue weighted by atomic mass is 35.5. The van der Waals surface area contributed by atoms with Gasteiger partial charge in [-0.2, -0.15) is 0 Å². The lowest BCUT2D eigenvalue weighted by atomic mass is 9.94. The molecule has 252 valence electrons. The van der Waals surface area contributed by atoms with Crippen molar-refractivity contribution in [3.8, 4) is 0 Å². The van der Waals surface area contributed by atoms with Crippen LogP contribution in [0.1, 0.15) is 54.4 Å². The van der Waals surface area contributed by atoms with Gasteiger partial charge < -0.3 is 10.2 Å². The van der Waals surface area contributed by atoms with Gasteiger partial charge in [0.05, 0.1) is 10.6 Å². The van der Waals surface area contributed by atoms with Crippen molar-refractivity contribution in [2.75, 3.05) is 10.8 Å². The Morgan fingerprint density at radius 2 is 1.52 bits per heavy atom. The number of nitrogens with zero attached hydrogens (tertiary/aromatic N) is 2. The van der Waals surface area contributed by atoms with E-state index in [1.165, 1.54) is 41.3 Å². The van der Waals surface area contributed by atoms with Gasteiger partial charge in [-0.05, 0) is 97.5 Å². The highest BCUT2D eigenvalue weighted by Gasteiger charge is 2.35. The Kier molecular flexibility index (Phi) is 11.5. The summed E-state index contributed by atoms with van der Waals surface area (Å²) in [5.74, 6) is -1.31. The van der Waals surface area contributed by atoms with Crippen molar-refractivity contribution in [3.63, 3.8) is 0 Å². The molecule has 0 saturated heterocycles. The summed E-state index contributed by atoms with van der Waals surface area (Å²) in [6.07, 6.45) is 5.07. The molecule has 0 unspecified atom stereocenters. The molecule has 0 aromatic heterocycles. The quantitative estimate of drug-likeness (QED) is 0.168. The molecule has 48 heavy (non-hydrogen) atoms. The van der Waals surface area contributed by atoms with Gasteiger partial charge in [0.1, 0.15) is 18.4 Å². The van der Waals surface area contributed by atoms with Crippen molar-refractivity contribution in [3.05, 3.63) is 130 Å². The standard InChI is InChI=1S/C38H41ClFN3O4S/c1-27-13-20-34(23-28(27)2)43(48(46,47)35-21-16-31(39)17-22-35)26-37(44)42(25-30-14-18-32(40)19-15-30)36(24-29-9-5-3-6-10-29)38(45)41-33-11-7-4-8-12-33/h3,5-6,9-10,13-23,33,36H,4,7-8,11-12,24-26H2,1-2H3,(H,41,45)/t36-/m1/s1. The van der Waals surface area contributed by atoms with Gasteiger partial charge in [0, 0.05) is 24.0 Å². The maximum atomic E-state index is 14.7. The Hall–Kier alpha value is -4.21. The van der Waals surface area contributed by atoms with E-state index in [1.807, 2.05) is 50.2 Å². The maximum Gasteiger partial charge on any atom is 0.264 e. The summed E-state index contributed by atoms with van der Waals surface area (Å²) in [4.78, 5) is 30.2. The molecule has 4 aromatic carbocycles. The molecule has 1 aliphatic carbocycles. The van der Waals surface area contributed by atoms with Gasteiger partial charge in [0.25, 0.3) is 10.0 Å². The molecule has 0 heterocycles. The smallest absolute Gasteiger partial charge is 0.264 e. The zero-order valence-electron chi connectivity index (χ0n) is 27.2. The largest absolute Gasteiger partial charge is 0.352 e. The van der Waals surface area contributed by atoms with Crippen LogP contribution in [0.4, 0.5) is 10.1 Å². The minimum absolute atomic E-state index is 0.00962. The molecule has 1 N–H and O–H groups in total. The van der Waals surface area contributed by atoms with Gasteiger partial charge in [0.15, 0.2) is 0 Å². The van der Waals surface area contributed by atoms with Gasteiger partial charge in [-0.15, -0.1) is 0 Å². The molecule has 0 spiro atoms. The summed E-state index contributed by atoms with van der Waals surface area (Å²) in [5.41, 5.74) is 3.58. The SMILES string of the molecule is Cc1ccc(N(CC(=O)N(Cc2ccc(F)cc2)[C@H](Cc2ccccc2)C(=O)NC2CCCCC2)S(=O)(=O)c2ccc(Cl)cc2)cc1C. The third-order valence-corrected chi connectivity index (χ3v) is 11.0. The summed E-state index contributed by atoms with van der Waals surface area (Å²) >= 11 is 6.08. The van der Waals surface area contributed by atoms with Crippen LogP contribution < -0.4 is 9.62 Å². The second-order valence-electron chi connectivity index (χ2n) is 12.4. The zero-order chi connectivity index (χ0) is 34.3. The number of carbonyl (C=O) groups excluding carboxylic acids is 2. The van der Waals surface area contributed by atoms with Crippen molar-refractivity contribution in [1.82, 2.24) is 10.2 Å². The van der Waals surface area contributed by atoms with E-state index >= 15 is 0 Å². The lowest BCUT2D eigenvalue weighted by molar-refractivity contribution is -0.140. The molecule has 0 bridgehead atoms. The molecule has 4 aromatic rings. The van der Waals surface area contributed by atoms with Crippen LogP contribution in [0, 0.1) is 19.7 Å². The van der Waals surface area contributed by atoms with E-state index in [-0.39, 0.29) is 29.8 Å². The van der Waals surface area contributed by atoms with E-state index in [0.29, 0.717) is 16.3 Å². The number of benzene rings is 4. The number of aryl methyl sites for hydroxylation is 2. The zero-order valence-corrected chi connectivity index (χ0v) is 28.8. The van der Waals surface area contributed by atoms with Gasteiger partial charge >= 0.3 is 0 Å². The number of nitrogens with one attached hydrogen (secondary N) is 1. The molecular formula is C38H41ClFN3O4S. The van der Waals surface area contributed by atoms with Crippen LogP contribution >= 0.6 is 11.6 Å². The molecule has 7 nitrogen and oxygen atoms in total. The average Bonchev–Trinajstić information content (AvgIpc) is 3.08. The summed E-state index contributed by atoms with van der Waals surface area (Å²) in [7, 11) is -4.26. The monoisotopic (exact) mass is 689 g/mol. The number of hydrogen-bond donors (Lipinski definition) is 1. The lowest BCUT2D eigenvalue weighted by Gasteiger charge is -2.35. The van der Waals surface area contributed by atoms with E-state index in [4.69, 9.17) is 11.6 Å². The van der Waals surface area contributed by atoms with Gasteiger partial charge in [-0.1, -0.05) is 79.4 Å². The minimum atomic E-state index is -4.26. The molecule has 0 radical (unpaired) electrons. The second kappa shape index (κ2) is 15.8. The average molecular weight is 690 g/mol. The summed E-state index contributed by atoms with van der Waals surface area (Å²) in [6.45, 7) is 3.19. The van der Waals surface area contributed by atoms with E-state index in [1.54, 1.807) is 24.3 Å². The first-order valence-electron chi connectivity index (χ1n) is 16.2. The molecular weight excluding hydrogens is 649 g/mol. The molecule has 5 rings (SSSR count). The number of rotatable bonds is 12. The number of hydrogen-bond acceptors (Lipinski definition) is 4. The Balaban J connectivity index is 1.57. The Morgan fingerprint density at radius 1 is 0.854 bits per heavy atom. The molecule has 2 amide bonds. The number of carbonyl (C=O) groups is 2. The van der Waals surface area contributed by atoms with E-state index in [0.717, 1.165) is 53.1 Å². The molecule has 0 aliphatic heterocycles.